The van der Waals surface area contributed by atoms with Gasteiger partial charge >= 0.3 is 0 Å². The van der Waals surface area contributed by atoms with Gasteiger partial charge in [-0.1, -0.05) is 54.1 Å². The molecule has 2 nitrogen and oxygen atoms in total. The Morgan fingerprint density at radius 3 is 2.14 bits per heavy atom. The second-order valence-corrected chi connectivity index (χ2v) is 6.28. The molecule has 0 aromatic heterocycles. The molecule has 1 atom stereocenters. The lowest BCUT2D eigenvalue weighted by molar-refractivity contribution is -0.0404. The number of halogens is 1. The monoisotopic (exact) mass is 297 g/mol. The fourth-order valence-corrected chi connectivity index (χ4v) is 3.58. The van der Waals surface area contributed by atoms with Gasteiger partial charge in [0.05, 0.1) is 11.5 Å². The van der Waals surface area contributed by atoms with E-state index in [1.165, 1.54) is 0 Å². The van der Waals surface area contributed by atoms with E-state index in [0.29, 0.717) is 23.4 Å². The molecule has 21 heavy (non-hydrogen) atoms. The molecular weight excluding hydrogens is 282 g/mol. The maximum absolute atomic E-state index is 11.2. The molecule has 2 aromatic carbocycles. The van der Waals surface area contributed by atoms with E-state index in [0.717, 1.165) is 11.1 Å². The minimum absolute atomic E-state index is 0.494. The molecule has 0 bridgehead atoms. The first kappa shape index (κ1) is 14.1. The number of nitriles is 1. The van der Waals surface area contributed by atoms with Gasteiger partial charge in [0.1, 0.15) is 5.60 Å². The molecular formula is C18H16ClNO. The summed E-state index contributed by atoms with van der Waals surface area (Å²) in [7, 11) is 0. The summed E-state index contributed by atoms with van der Waals surface area (Å²) in [6.07, 6.45) is 1.08. The van der Waals surface area contributed by atoms with Gasteiger partial charge in [-0.15, -0.1) is 0 Å². The highest BCUT2D eigenvalue weighted by Crippen LogP contribution is 2.50. The standard InChI is InChI=1S/C18H16ClNO/c1-17(21,15-8-4-5-9-16(15)19)18(12-20)10-13-6-2-3-7-14(13)11-18/h2-9,21H,10-11H2,1H3. The van der Waals surface area contributed by atoms with Gasteiger partial charge in [0, 0.05) is 10.6 Å². The van der Waals surface area contributed by atoms with Gasteiger partial charge in [-0.05, 0) is 37.0 Å². The van der Waals surface area contributed by atoms with E-state index in [1.54, 1.807) is 19.1 Å². The normalized spacial score (nSPS) is 18.6. The van der Waals surface area contributed by atoms with E-state index in [-0.39, 0.29) is 0 Å². The van der Waals surface area contributed by atoms with Crippen LogP contribution in [0.1, 0.15) is 23.6 Å². The molecule has 0 aliphatic heterocycles. The van der Waals surface area contributed by atoms with E-state index in [1.807, 2.05) is 36.4 Å². The predicted molar refractivity (Wildman–Crippen MR) is 82.9 cm³/mol. The van der Waals surface area contributed by atoms with E-state index >= 15 is 0 Å². The molecule has 2 aromatic rings. The summed E-state index contributed by atoms with van der Waals surface area (Å²) in [5.74, 6) is 0. The van der Waals surface area contributed by atoms with Crippen molar-refractivity contribution in [1.82, 2.24) is 0 Å². The van der Waals surface area contributed by atoms with Crippen molar-refractivity contribution in [3.05, 3.63) is 70.2 Å². The lowest BCUT2D eigenvalue weighted by Gasteiger charge is -2.38. The summed E-state index contributed by atoms with van der Waals surface area (Å²) in [6.45, 7) is 1.70. The molecule has 0 spiro atoms. The summed E-state index contributed by atoms with van der Waals surface area (Å²) < 4.78 is 0. The average molecular weight is 298 g/mol. The zero-order valence-corrected chi connectivity index (χ0v) is 12.6. The summed E-state index contributed by atoms with van der Waals surface area (Å²) in [6, 6.07) is 17.6. The summed E-state index contributed by atoms with van der Waals surface area (Å²) >= 11 is 6.25. The third kappa shape index (κ3) is 2.05. The Bertz CT molecular complexity index is 705. The lowest BCUT2D eigenvalue weighted by atomic mass is 9.68. The number of hydrogen-bond acceptors (Lipinski definition) is 2. The minimum atomic E-state index is -1.31. The number of hydrogen-bond donors (Lipinski definition) is 1. The van der Waals surface area contributed by atoms with Crippen molar-refractivity contribution in [3.8, 4) is 6.07 Å². The van der Waals surface area contributed by atoms with Crippen LogP contribution in [0.2, 0.25) is 5.02 Å². The molecule has 3 heteroatoms. The van der Waals surface area contributed by atoms with Crippen molar-refractivity contribution in [2.45, 2.75) is 25.4 Å². The fraction of sp³-hybridized carbons (Fsp3) is 0.278. The van der Waals surface area contributed by atoms with Crippen molar-refractivity contribution in [2.24, 2.45) is 5.41 Å². The van der Waals surface area contributed by atoms with Gasteiger partial charge in [0.15, 0.2) is 0 Å². The highest BCUT2D eigenvalue weighted by molar-refractivity contribution is 6.31. The van der Waals surface area contributed by atoms with Crippen LogP contribution in [0.15, 0.2) is 48.5 Å². The number of rotatable bonds is 2. The van der Waals surface area contributed by atoms with Crippen LogP contribution >= 0.6 is 11.6 Å². The van der Waals surface area contributed by atoms with Gasteiger partial charge in [-0.3, -0.25) is 0 Å². The molecule has 106 valence electrons. The number of fused-ring (bicyclic) bond motifs is 1. The molecule has 3 rings (SSSR count). The van der Waals surface area contributed by atoms with Crippen LogP contribution in [0.5, 0.6) is 0 Å². The minimum Gasteiger partial charge on any atom is -0.384 e. The number of benzene rings is 2. The average Bonchev–Trinajstić information content (AvgIpc) is 2.88. The van der Waals surface area contributed by atoms with Crippen molar-refractivity contribution in [2.75, 3.05) is 0 Å². The Hall–Kier alpha value is -1.82. The second-order valence-electron chi connectivity index (χ2n) is 5.87. The van der Waals surface area contributed by atoms with Gasteiger partial charge in [0.25, 0.3) is 0 Å². The zero-order valence-electron chi connectivity index (χ0n) is 11.8. The molecule has 0 saturated heterocycles. The molecule has 1 N–H and O–H groups in total. The zero-order chi connectivity index (χ0) is 15.1. The third-order valence-electron chi connectivity index (χ3n) is 4.65. The number of nitrogens with zero attached hydrogens (tertiary/aromatic N) is 1. The maximum atomic E-state index is 11.2. The first-order chi connectivity index (χ1) is 10.00. The smallest absolute Gasteiger partial charge is 0.107 e. The highest BCUT2D eigenvalue weighted by Gasteiger charge is 2.52. The summed E-state index contributed by atoms with van der Waals surface area (Å²) in [5, 5.41) is 21.5. The number of aliphatic hydroxyl groups is 1. The summed E-state index contributed by atoms with van der Waals surface area (Å²) in [5.41, 5.74) is 0.680. The topological polar surface area (TPSA) is 44.0 Å². The first-order valence-electron chi connectivity index (χ1n) is 6.96. The largest absolute Gasteiger partial charge is 0.384 e. The van der Waals surface area contributed by atoms with Crippen molar-refractivity contribution in [1.29, 1.82) is 5.26 Å². The summed E-state index contributed by atoms with van der Waals surface area (Å²) in [4.78, 5) is 0. The Balaban J connectivity index is 2.10. The van der Waals surface area contributed by atoms with Crippen LogP contribution < -0.4 is 0 Å². The highest BCUT2D eigenvalue weighted by atomic mass is 35.5. The molecule has 0 saturated carbocycles. The SMILES string of the molecule is CC(O)(c1ccccc1Cl)C1(C#N)Cc2ccccc2C1. The molecule has 0 fully saturated rings. The van der Waals surface area contributed by atoms with Crippen molar-refractivity contribution >= 4 is 11.6 Å². The fourth-order valence-electron chi connectivity index (χ4n) is 3.26. The molecule has 1 unspecified atom stereocenters. The molecule has 0 radical (unpaired) electrons. The molecule has 0 heterocycles. The maximum Gasteiger partial charge on any atom is 0.107 e. The van der Waals surface area contributed by atoms with Crippen molar-refractivity contribution < 1.29 is 5.11 Å². The van der Waals surface area contributed by atoms with Crippen LogP contribution in [0.25, 0.3) is 0 Å². The Labute approximate surface area is 129 Å². The van der Waals surface area contributed by atoms with Gasteiger partial charge in [-0.2, -0.15) is 5.26 Å². The van der Waals surface area contributed by atoms with Crippen LogP contribution in [0.3, 0.4) is 0 Å². The predicted octanol–water partition coefficient (Wildman–Crippen LogP) is 3.86. The van der Waals surface area contributed by atoms with E-state index < -0.39 is 11.0 Å². The quantitative estimate of drug-likeness (QED) is 0.915. The first-order valence-corrected chi connectivity index (χ1v) is 7.33. The Morgan fingerprint density at radius 1 is 1.10 bits per heavy atom. The van der Waals surface area contributed by atoms with Gasteiger partial charge in [-0.25, -0.2) is 0 Å². The van der Waals surface area contributed by atoms with Crippen LogP contribution in [-0.2, 0) is 18.4 Å². The second kappa shape index (κ2) is 4.87. The van der Waals surface area contributed by atoms with Crippen LogP contribution in [-0.4, -0.2) is 5.11 Å². The van der Waals surface area contributed by atoms with E-state index in [2.05, 4.69) is 6.07 Å². The lowest BCUT2D eigenvalue weighted by Crippen LogP contribution is -2.43. The molecule has 1 aliphatic rings. The van der Waals surface area contributed by atoms with Crippen LogP contribution in [0, 0.1) is 16.7 Å². The van der Waals surface area contributed by atoms with Gasteiger partial charge in [0.2, 0.25) is 0 Å². The van der Waals surface area contributed by atoms with Crippen LogP contribution in [0.4, 0.5) is 0 Å². The van der Waals surface area contributed by atoms with E-state index in [4.69, 9.17) is 11.6 Å². The Morgan fingerprint density at radius 2 is 1.62 bits per heavy atom. The molecule has 1 aliphatic carbocycles. The van der Waals surface area contributed by atoms with Gasteiger partial charge < -0.3 is 5.11 Å². The Kier molecular flexibility index (Phi) is 3.28. The van der Waals surface area contributed by atoms with E-state index in [9.17, 15) is 10.4 Å². The van der Waals surface area contributed by atoms with Crippen molar-refractivity contribution in [3.63, 3.8) is 0 Å². The third-order valence-corrected chi connectivity index (χ3v) is 4.98. The molecule has 0 amide bonds.